The zero-order chi connectivity index (χ0) is 17.9. The molecule has 2 atom stereocenters. The lowest BCUT2D eigenvalue weighted by Crippen LogP contribution is -2.50. The Bertz CT molecular complexity index is 637. The van der Waals surface area contributed by atoms with Crippen molar-refractivity contribution >= 4 is 11.7 Å². The van der Waals surface area contributed by atoms with Gasteiger partial charge in [-0.05, 0) is 18.8 Å². The normalized spacial score (nSPS) is 25.6. The van der Waals surface area contributed by atoms with E-state index in [9.17, 15) is 10.1 Å². The van der Waals surface area contributed by atoms with Crippen molar-refractivity contribution in [1.82, 2.24) is 15.3 Å². The largest absolute Gasteiger partial charge is 0.381 e. The van der Waals surface area contributed by atoms with Crippen LogP contribution in [0.1, 0.15) is 26.7 Å². The van der Waals surface area contributed by atoms with E-state index >= 15 is 0 Å². The Morgan fingerprint density at radius 1 is 1.40 bits per heavy atom. The fourth-order valence-electron chi connectivity index (χ4n) is 3.71. The van der Waals surface area contributed by atoms with Crippen molar-refractivity contribution in [2.75, 3.05) is 31.2 Å². The molecule has 2 fully saturated rings. The van der Waals surface area contributed by atoms with Gasteiger partial charge in [0.15, 0.2) is 0 Å². The van der Waals surface area contributed by atoms with Gasteiger partial charge in [-0.25, -0.2) is 4.98 Å². The van der Waals surface area contributed by atoms with Crippen LogP contribution in [0.25, 0.3) is 0 Å². The number of carbonyl (C=O) groups excluding carboxylic acids is 1. The summed E-state index contributed by atoms with van der Waals surface area (Å²) in [4.78, 5) is 23.5. The van der Waals surface area contributed by atoms with E-state index in [2.05, 4.69) is 40.1 Å². The Morgan fingerprint density at radius 3 is 2.76 bits per heavy atom. The summed E-state index contributed by atoms with van der Waals surface area (Å²) < 4.78 is 5.33. The molecule has 3 heterocycles. The minimum Gasteiger partial charge on any atom is -0.381 e. The highest BCUT2D eigenvalue weighted by Gasteiger charge is 2.44. The second-order valence-corrected chi connectivity index (χ2v) is 7.26. The molecule has 0 radical (unpaired) electrons. The van der Waals surface area contributed by atoms with E-state index in [4.69, 9.17) is 4.74 Å². The molecule has 1 N–H and O–H groups in total. The maximum absolute atomic E-state index is 12.9. The first-order valence-corrected chi connectivity index (χ1v) is 8.87. The lowest BCUT2D eigenvalue weighted by atomic mass is 9.80. The van der Waals surface area contributed by atoms with Gasteiger partial charge in [-0.3, -0.25) is 9.78 Å². The molecule has 0 spiro atoms. The van der Waals surface area contributed by atoms with Gasteiger partial charge in [0, 0.05) is 44.6 Å². The molecule has 1 aromatic rings. The second-order valence-electron chi connectivity index (χ2n) is 7.26. The van der Waals surface area contributed by atoms with E-state index in [1.54, 1.807) is 18.6 Å². The van der Waals surface area contributed by atoms with Crippen molar-refractivity contribution in [3.8, 4) is 6.07 Å². The van der Waals surface area contributed by atoms with Crippen LogP contribution in [-0.4, -0.2) is 48.2 Å². The Hall–Kier alpha value is -2.20. The molecule has 25 heavy (non-hydrogen) atoms. The van der Waals surface area contributed by atoms with Crippen molar-refractivity contribution in [1.29, 1.82) is 5.26 Å². The minimum absolute atomic E-state index is 0.00239. The molecule has 134 valence electrons. The molecule has 1 aromatic heterocycles. The van der Waals surface area contributed by atoms with Crippen LogP contribution in [0.3, 0.4) is 0 Å². The maximum Gasteiger partial charge on any atom is 0.240 e. The number of aromatic nitrogens is 2. The molecule has 0 saturated carbocycles. The number of hydrogen-bond acceptors (Lipinski definition) is 6. The lowest BCUT2D eigenvalue weighted by Gasteiger charge is -2.32. The summed E-state index contributed by atoms with van der Waals surface area (Å²) in [7, 11) is 0. The highest BCUT2D eigenvalue weighted by molar-refractivity contribution is 5.86. The summed E-state index contributed by atoms with van der Waals surface area (Å²) in [5, 5.41) is 12.8. The van der Waals surface area contributed by atoms with Gasteiger partial charge < -0.3 is 15.0 Å². The summed E-state index contributed by atoms with van der Waals surface area (Å²) in [6.45, 7) is 6.77. The van der Waals surface area contributed by atoms with Crippen LogP contribution in [0, 0.1) is 28.6 Å². The van der Waals surface area contributed by atoms with Crippen LogP contribution >= 0.6 is 0 Å². The first kappa shape index (κ1) is 17.6. The van der Waals surface area contributed by atoms with Gasteiger partial charge in [-0.1, -0.05) is 13.8 Å². The number of hydrogen-bond donors (Lipinski definition) is 1. The second kappa shape index (κ2) is 7.36. The van der Waals surface area contributed by atoms with E-state index < -0.39 is 5.41 Å². The molecule has 0 aliphatic carbocycles. The van der Waals surface area contributed by atoms with Gasteiger partial charge in [0.1, 0.15) is 11.2 Å². The topological polar surface area (TPSA) is 91.1 Å². The van der Waals surface area contributed by atoms with E-state index in [0.717, 1.165) is 12.4 Å². The molecular formula is C18H25N5O2. The van der Waals surface area contributed by atoms with Gasteiger partial charge in [-0.2, -0.15) is 5.26 Å². The number of rotatable bonds is 4. The van der Waals surface area contributed by atoms with Gasteiger partial charge in [0.2, 0.25) is 5.91 Å². The minimum atomic E-state index is -0.959. The Labute approximate surface area is 148 Å². The van der Waals surface area contributed by atoms with Crippen LogP contribution in [0.4, 0.5) is 5.82 Å². The van der Waals surface area contributed by atoms with Gasteiger partial charge in [-0.15, -0.1) is 0 Å². The quantitative estimate of drug-likeness (QED) is 0.888. The molecular weight excluding hydrogens is 318 g/mol. The number of nitriles is 1. The summed E-state index contributed by atoms with van der Waals surface area (Å²) >= 11 is 0. The summed E-state index contributed by atoms with van der Waals surface area (Å²) in [6, 6.07) is 2.25. The van der Waals surface area contributed by atoms with Crippen molar-refractivity contribution in [3.63, 3.8) is 0 Å². The smallest absolute Gasteiger partial charge is 0.240 e. The number of anilines is 1. The zero-order valence-electron chi connectivity index (χ0n) is 14.8. The third-order valence-corrected chi connectivity index (χ3v) is 5.41. The molecule has 2 aliphatic heterocycles. The van der Waals surface area contributed by atoms with E-state index in [1.807, 2.05) is 0 Å². The van der Waals surface area contributed by atoms with Gasteiger partial charge in [0.25, 0.3) is 0 Å². The van der Waals surface area contributed by atoms with Gasteiger partial charge >= 0.3 is 0 Å². The van der Waals surface area contributed by atoms with Crippen molar-refractivity contribution in [2.45, 2.75) is 32.7 Å². The number of carbonyl (C=O) groups is 1. The van der Waals surface area contributed by atoms with Gasteiger partial charge in [0.05, 0.1) is 18.3 Å². The predicted octanol–water partition coefficient (Wildman–Crippen LogP) is 1.37. The third kappa shape index (κ3) is 3.59. The van der Waals surface area contributed by atoms with E-state index in [0.29, 0.717) is 44.4 Å². The van der Waals surface area contributed by atoms with Crippen molar-refractivity contribution in [3.05, 3.63) is 18.6 Å². The Kier molecular flexibility index (Phi) is 5.19. The summed E-state index contributed by atoms with van der Waals surface area (Å²) in [5.74, 6) is 1.39. The molecule has 7 nitrogen and oxygen atoms in total. The first-order chi connectivity index (χ1) is 12.1. The molecule has 1 amide bonds. The summed E-state index contributed by atoms with van der Waals surface area (Å²) in [6.07, 6.45) is 6.00. The number of nitrogens with zero attached hydrogens (tertiary/aromatic N) is 4. The van der Waals surface area contributed by atoms with Crippen LogP contribution in [-0.2, 0) is 9.53 Å². The average molecular weight is 343 g/mol. The van der Waals surface area contributed by atoms with E-state index in [-0.39, 0.29) is 11.9 Å². The fourth-order valence-corrected chi connectivity index (χ4v) is 3.71. The first-order valence-electron chi connectivity index (χ1n) is 8.87. The SMILES string of the molecule is CC(C)[C@@H]1CN(c2cnccn2)C[C@H]1NC(=O)C1(C#N)CCOCC1. The molecule has 7 heteroatoms. The van der Waals surface area contributed by atoms with Crippen molar-refractivity contribution < 1.29 is 9.53 Å². The number of nitrogens with one attached hydrogen (secondary N) is 1. The van der Waals surface area contributed by atoms with Crippen LogP contribution in [0.2, 0.25) is 0 Å². The standard InChI is InChI=1S/C18H25N5O2/c1-13(2)14-10-23(16-9-20-5-6-21-16)11-15(14)22-17(24)18(12-19)3-7-25-8-4-18/h5-6,9,13-15H,3-4,7-8,10-11H2,1-2H3,(H,22,24)/t14-,15+/m0/s1. The van der Waals surface area contributed by atoms with Crippen LogP contribution in [0.15, 0.2) is 18.6 Å². The third-order valence-electron chi connectivity index (χ3n) is 5.41. The molecule has 0 bridgehead atoms. The highest BCUT2D eigenvalue weighted by Crippen LogP contribution is 2.32. The molecule has 2 aliphatic rings. The molecule has 0 unspecified atom stereocenters. The number of amides is 1. The number of ether oxygens (including phenoxy) is 1. The van der Waals surface area contributed by atoms with E-state index in [1.165, 1.54) is 0 Å². The van der Waals surface area contributed by atoms with Crippen LogP contribution in [0.5, 0.6) is 0 Å². The Morgan fingerprint density at radius 2 is 2.16 bits per heavy atom. The lowest BCUT2D eigenvalue weighted by molar-refractivity contribution is -0.133. The predicted molar refractivity (Wildman–Crippen MR) is 92.6 cm³/mol. The maximum atomic E-state index is 12.9. The van der Waals surface area contributed by atoms with Crippen molar-refractivity contribution in [2.24, 2.45) is 17.3 Å². The zero-order valence-corrected chi connectivity index (χ0v) is 14.8. The summed E-state index contributed by atoms with van der Waals surface area (Å²) in [5.41, 5.74) is -0.959. The molecule has 3 rings (SSSR count). The average Bonchev–Trinajstić information content (AvgIpc) is 3.07. The molecule has 0 aromatic carbocycles. The fraction of sp³-hybridized carbons (Fsp3) is 0.667. The Balaban J connectivity index is 1.73. The molecule has 2 saturated heterocycles. The van der Waals surface area contributed by atoms with Crippen LogP contribution < -0.4 is 10.2 Å². The monoisotopic (exact) mass is 343 g/mol. The highest BCUT2D eigenvalue weighted by atomic mass is 16.5.